The van der Waals surface area contributed by atoms with Crippen LogP contribution in [0.4, 0.5) is 0 Å². The Morgan fingerprint density at radius 1 is 0.298 bits per heavy atom. The molecule has 0 aliphatic heterocycles. The number of aromatic nitrogens is 2. The molecule has 0 amide bonds. The number of benzene rings is 9. The van der Waals surface area contributed by atoms with E-state index >= 15 is 0 Å². The van der Waals surface area contributed by atoms with Gasteiger partial charge in [0.25, 0.3) is 0 Å². The van der Waals surface area contributed by atoms with Crippen LogP contribution in [0.1, 0.15) is 0 Å². The van der Waals surface area contributed by atoms with Crippen molar-refractivity contribution < 1.29 is 4.42 Å². The summed E-state index contributed by atoms with van der Waals surface area (Å²) in [7, 11) is 0. The van der Waals surface area contributed by atoms with E-state index in [0.717, 1.165) is 72.3 Å². The van der Waals surface area contributed by atoms with E-state index in [1.54, 1.807) is 0 Å². The molecule has 0 fully saturated rings. The number of para-hydroxylation sites is 2. The maximum Gasteiger partial charge on any atom is 0.160 e. The minimum Gasteiger partial charge on any atom is -0.455 e. The van der Waals surface area contributed by atoms with Crippen LogP contribution in [0.2, 0.25) is 0 Å². The van der Waals surface area contributed by atoms with Gasteiger partial charge in [-0.1, -0.05) is 164 Å². The van der Waals surface area contributed by atoms with Gasteiger partial charge < -0.3 is 4.42 Å². The Kier molecular flexibility index (Phi) is 7.82. The summed E-state index contributed by atoms with van der Waals surface area (Å²) < 4.78 is 6.60. The molecule has 0 aliphatic rings. The van der Waals surface area contributed by atoms with Gasteiger partial charge in [-0.3, -0.25) is 0 Å². The molecule has 3 heteroatoms. The largest absolute Gasteiger partial charge is 0.455 e. The number of fused-ring (bicyclic) bond motifs is 6. The molecule has 2 heterocycles. The van der Waals surface area contributed by atoms with E-state index in [0.29, 0.717) is 5.82 Å². The molecule has 0 radical (unpaired) electrons. The highest BCUT2D eigenvalue weighted by Gasteiger charge is 2.17. The molecule has 11 aromatic rings. The monoisotopic (exact) mass is 726 g/mol. The summed E-state index contributed by atoms with van der Waals surface area (Å²) in [6.07, 6.45) is 0. The molecule has 0 saturated heterocycles. The van der Waals surface area contributed by atoms with E-state index in [9.17, 15) is 0 Å². The second kappa shape index (κ2) is 13.6. The van der Waals surface area contributed by atoms with Crippen LogP contribution in [0, 0.1) is 0 Å². The van der Waals surface area contributed by atoms with Gasteiger partial charge >= 0.3 is 0 Å². The van der Waals surface area contributed by atoms with Crippen LogP contribution in [0.15, 0.2) is 211 Å². The third-order valence-electron chi connectivity index (χ3n) is 11.0. The molecule has 0 atom stereocenters. The first-order valence-corrected chi connectivity index (χ1v) is 19.3. The first-order chi connectivity index (χ1) is 28.2. The zero-order valence-electron chi connectivity index (χ0n) is 30.9. The molecule has 2 aromatic heterocycles. The van der Waals surface area contributed by atoms with Crippen molar-refractivity contribution in [3.63, 3.8) is 0 Å². The molecule has 0 saturated carbocycles. The predicted molar refractivity (Wildman–Crippen MR) is 237 cm³/mol. The van der Waals surface area contributed by atoms with Crippen LogP contribution in [-0.2, 0) is 0 Å². The number of rotatable bonds is 6. The Morgan fingerprint density at radius 3 is 1.68 bits per heavy atom. The normalized spacial score (nSPS) is 11.5. The quantitative estimate of drug-likeness (QED) is 0.160. The number of nitrogens with zero attached hydrogens (tertiary/aromatic N) is 2. The van der Waals surface area contributed by atoms with Crippen molar-refractivity contribution in [2.75, 3.05) is 0 Å². The molecule has 0 spiro atoms. The Hall–Kier alpha value is -7.62. The van der Waals surface area contributed by atoms with Gasteiger partial charge in [0, 0.05) is 33.0 Å². The second-order valence-corrected chi connectivity index (χ2v) is 14.6. The minimum atomic E-state index is 0.679. The van der Waals surface area contributed by atoms with Crippen LogP contribution < -0.4 is 0 Å². The smallest absolute Gasteiger partial charge is 0.160 e. The molecular weight excluding hydrogens is 693 g/mol. The Balaban J connectivity index is 1.15. The van der Waals surface area contributed by atoms with E-state index in [4.69, 9.17) is 14.4 Å². The van der Waals surface area contributed by atoms with Crippen LogP contribution in [0.25, 0.3) is 111 Å². The van der Waals surface area contributed by atoms with E-state index < -0.39 is 0 Å². The van der Waals surface area contributed by atoms with Gasteiger partial charge in [0.05, 0.1) is 11.4 Å². The second-order valence-electron chi connectivity index (χ2n) is 14.6. The van der Waals surface area contributed by atoms with Crippen LogP contribution in [0.3, 0.4) is 0 Å². The standard InChI is InChI=1S/C54H34N2O/c1-3-13-35(14-4-1)39-18-11-19-40(29-39)42-30-43(46-22-12-23-48-47-21-9-10-24-52(47)57-53(46)48)32-44(31-42)51-34-50(55-54(56-51)38-16-5-2-6-17-38)41-28-27-37-26-25-36-15-7-8-20-45(36)49(37)33-41/h1-34H. The fourth-order valence-electron chi connectivity index (χ4n) is 8.20. The van der Waals surface area contributed by atoms with Gasteiger partial charge in [0.15, 0.2) is 5.82 Å². The Labute approximate surface area is 330 Å². The maximum absolute atomic E-state index is 6.60. The minimum absolute atomic E-state index is 0.679. The van der Waals surface area contributed by atoms with Gasteiger partial charge in [-0.2, -0.15) is 0 Å². The highest BCUT2D eigenvalue weighted by atomic mass is 16.3. The van der Waals surface area contributed by atoms with E-state index in [1.807, 2.05) is 30.3 Å². The molecule has 0 aliphatic carbocycles. The lowest BCUT2D eigenvalue weighted by Crippen LogP contribution is -1.97. The van der Waals surface area contributed by atoms with Crippen molar-refractivity contribution >= 4 is 43.5 Å². The average Bonchev–Trinajstić information content (AvgIpc) is 3.68. The van der Waals surface area contributed by atoms with Crippen molar-refractivity contribution in [3.05, 3.63) is 206 Å². The summed E-state index contributed by atoms with van der Waals surface area (Å²) in [5, 5.41) is 7.05. The zero-order valence-corrected chi connectivity index (χ0v) is 30.9. The van der Waals surface area contributed by atoms with Crippen molar-refractivity contribution in [1.82, 2.24) is 9.97 Å². The van der Waals surface area contributed by atoms with Gasteiger partial charge in [-0.15, -0.1) is 0 Å². The van der Waals surface area contributed by atoms with Crippen LogP contribution in [-0.4, -0.2) is 9.97 Å². The molecular formula is C54H34N2O. The van der Waals surface area contributed by atoms with E-state index in [1.165, 1.54) is 32.7 Å². The fourth-order valence-corrected chi connectivity index (χ4v) is 8.20. The maximum atomic E-state index is 6.60. The summed E-state index contributed by atoms with van der Waals surface area (Å²) in [4.78, 5) is 10.5. The number of hydrogen-bond acceptors (Lipinski definition) is 3. The third-order valence-corrected chi connectivity index (χ3v) is 11.0. The third kappa shape index (κ3) is 5.94. The first kappa shape index (κ1) is 32.8. The Morgan fingerprint density at radius 2 is 0.860 bits per heavy atom. The summed E-state index contributed by atoms with van der Waals surface area (Å²) in [6, 6.07) is 72.9. The molecule has 0 bridgehead atoms. The topological polar surface area (TPSA) is 38.9 Å². The predicted octanol–water partition coefficient (Wildman–Crippen LogP) is 14.7. The lowest BCUT2D eigenvalue weighted by atomic mass is 9.92. The SMILES string of the molecule is c1ccc(-c2cccc(-c3cc(-c4cc(-c5ccc6ccc7ccccc7c6c5)nc(-c5ccccc5)n4)cc(-c4cccc5c4oc4ccccc45)c3)c2)cc1. The number of furan rings is 1. The van der Waals surface area contributed by atoms with Crippen LogP contribution >= 0.6 is 0 Å². The van der Waals surface area contributed by atoms with Gasteiger partial charge in [-0.25, -0.2) is 9.97 Å². The van der Waals surface area contributed by atoms with Crippen molar-refractivity contribution in [2.24, 2.45) is 0 Å². The lowest BCUT2D eigenvalue weighted by Gasteiger charge is -2.14. The first-order valence-electron chi connectivity index (χ1n) is 19.3. The van der Waals surface area contributed by atoms with E-state index in [-0.39, 0.29) is 0 Å². The molecule has 3 nitrogen and oxygen atoms in total. The fraction of sp³-hybridized carbons (Fsp3) is 0. The zero-order chi connectivity index (χ0) is 37.7. The van der Waals surface area contributed by atoms with Crippen molar-refractivity contribution in [3.8, 4) is 67.3 Å². The highest BCUT2D eigenvalue weighted by molar-refractivity contribution is 6.10. The molecule has 9 aromatic carbocycles. The molecule has 11 rings (SSSR count). The lowest BCUT2D eigenvalue weighted by molar-refractivity contribution is 0.670. The van der Waals surface area contributed by atoms with Crippen LogP contribution in [0.5, 0.6) is 0 Å². The summed E-state index contributed by atoms with van der Waals surface area (Å²) in [5.41, 5.74) is 13.1. The van der Waals surface area contributed by atoms with Gasteiger partial charge in [0.2, 0.25) is 0 Å². The number of hydrogen-bond donors (Lipinski definition) is 0. The Bertz CT molecular complexity index is 3290. The van der Waals surface area contributed by atoms with Gasteiger partial charge in [-0.05, 0) is 91.8 Å². The van der Waals surface area contributed by atoms with E-state index in [2.05, 4.69) is 176 Å². The molecule has 266 valence electrons. The van der Waals surface area contributed by atoms with Crippen molar-refractivity contribution in [1.29, 1.82) is 0 Å². The molecule has 57 heavy (non-hydrogen) atoms. The van der Waals surface area contributed by atoms with Crippen molar-refractivity contribution in [2.45, 2.75) is 0 Å². The summed E-state index contributed by atoms with van der Waals surface area (Å²) >= 11 is 0. The molecule has 0 unspecified atom stereocenters. The highest BCUT2D eigenvalue weighted by Crippen LogP contribution is 2.40. The average molecular weight is 727 g/mol. The summed E-state index contributed by atoms with van der Waals surface area (Å²) in [6.45, 7) is 0. The summed E-state index contributed by atoms with van der Waals surface area (Å²) in [5.74, 6) is 0.679. The molecule has 0 N–H and O–H groups in total. The van der Waals surface area contributed by atoms with Gasteiger partial charge in [0.1, 0.15) is 11.2 Å².